The fourth-order valence-electron chi connectivity index (χ4n) is 2.39. The molecule has 1 aromatic rings. The normalized spacial score (nSPS) is 19.4. The SMILES string of the molecule is CCC1CN(CC(C)(C)N)c2cc(C)ccc2O1. The second kappa shape index (κ2) is 4.81. The van der Waals surface area contributed by atoms with Gasteiger partial charge in [-0.3, -0.25) is 0 Å². The molecule has 0 aromatic heterocycles. The lowest BCUT2D eigenvalue weighted by Crippen LogP contribution is -2.50. The fourth-order valence-corrected chi connectivity index (χ4v) is 2.39. The molecule has 0 saturated heterocycles. The molecular formula is C15H24N2O. The largest absolute Gasteiger partial charge is 0.486 e. The summed E-state index contributed by atoms with van der Waals surface area (Å²) in [6.45, 7) is 10.2. The van der Waals surface area contributed by atoms with Crippen LogP contribution in [0.2, 0.25) is 0 Å². The van der Waals surface area contributed by atoms with E-state index < -0.39 is 0 Å². The lowest BCUT2D eigenvalue weighted by Gasteiger charge is -2.39. The van der Waals surface area contributed by atoms with E-state index in [2.05, 4.69) is 50.8 Å². The molecule has 0 spiro atoms. The number of nitrogens with two attached hydrogens (primary N) is 1. The highest BCUT2D eigenvalue weighted by Crippen LogP contribution is 2.35. The van der Waals surface area contributed by atoms with Crippen LogP contribution < -0.4 is 15.4 Å². The van der Waals surface area contributed by atoms with E-state index in [0.717, 1.165) is 25.3 Å². The molecule has 1 atom stereocenters. The smallest absolute Gasteiger partial charge is 0.143 e. The number of hydrogen-bond acceptors (Lipinski definition) is 3. The van der Waals surface area contributed by atoms with Gasteiger partial charge >= 0.3 is 0 Å². The summed E-state index contributed by atoms with van der Waals surface area (Å²) in [5, 5.41) is 0. The van der Waals surface area contributed by atoms with Gasteiger partial charge in [0, 0.05) is 12.1 Å². The number of nitrogens with zero attached hydrogens (tertiary/aromatic N) is 1. The molecule has 1 heterocycles. The molecule has 0 saturated carbocycles. The van der Waals surface area contributed by atoms with E-state index in [1.807, 2.05) is 0 Å². The van der Waals surface area contributed by atoms with Crippen molar-refractivity contribution in [1.29, 1.82) is 0 Å². The monoisotopic (exact) mass is 248 g/mol. The van der Waals surface area contributed by atoms with Crippen molar-refractivity contribution >= 4 is 5.69 Å². The van der Waals surface area contributed by atoms with Gasteiger partial charge in [0.2, 0.25) is 0 Å². The Morgan fingerprint density at radius 1 is 1.44 bits per heavy atom. The zero-order valence-corrected chi connectivity index (χ0v) is 11.9. The third kappa shape index (κ3) is 2.96. The van der Waals surface area contributed by atoms with Crippen LogP contribution in [-0.2, 0) is 0 Å². The Balaban J connectivity index is 2.32. The Labute approximate surface area is 110 Å². The average molecular weight is 248 g/mol. The molecule has 3 heteroatoms. The molecule has 2 rings (SSSR count). The van der Waals surface area contributed by atoms with Crippen LogP contribution in [0.5, 0.6) is 5.75 Å². The minimum Gasteiger partial charge on any atom is -0.486 e. The van der Waals surface area contributed by atoms with Crippen molar-refractivity contribution in [3.05, 3.63) is 23.8 Å². The van der Waals surface area contributed by atoms with Crippen LogP contribution in [-0.4, -0.2) is 24.7 Å². The van der Waals surface area contributed by atoms with Gasteiger partial charge in [0.05, 0.1) is 12.2 Å². The summed E-state index contributed by atoms with van der Waals surface area (Å²) in [6.07, 6.45) is 1.29. The molecular weight excluding hydrogens is 224 g/mol. The van der Waals surface area contributed by atoms with Crippen LogP contribution in [0.25, 0.3) is 0 Å². The highest BCUT2D eigenvalue weighted by Gasteiger charge is 2.27. The van der Waals surface area contributed by atoms with Gasteiger partial charge in [-0.2, -0.15) is 0 Å². The highest BCUT2D eigenvalue weighted by molar-refractivity contribution is 5.61. The molecule has 1 aliphatic rings. The first-order chi connectivity index (χ1) is 8.39. The Bertz CT molecular complexity index is 423. The number of anilines is 1. The zero-order valence-electron chi connectivity index (χ0n) is 11.9. The van der Waals surface area contributed by atoms with Crippen LogP contribution in [0.3, 0.4) is 0 Å². The number of rotatable bonds is 3. The number of fused-ring (bicyclic) bond motifs is 1. The van der Waals surface area contributed by atoms with Crippen molar-refractivity contribution in [2.24, 2.45) is 5.73 Å². The molecule has 0 aliphatic carbocycles. The summed E-state index contributed by atoms with van der Waals surface area (Å²) in [5.74, 6) is 0.989. The maximum absolute atomic E-state index is 6.17. The van der Waals surface area contributed by atoms with Gasteiger partial charge in [-0.05, 0) is 44.9 Å². The predicted octanol–water partition coefficient (Wildman–Crippen LogP) is 2.71. The number of benzene rings is 1. The topological polar surface area (TPSA) is 38.5 Å². The van der Waals surface area contributed by atoms with Crippen molar-refractivity contribution < 1.29 is 4.74 Å². The second-order valence-corrected chi connectivity index (χ2v) is 5.99. The zero-order chi connectivity index (χ0) is 13.3. The number of ether oxygens (including phenoxy) is 1. The van der Waals surface area contributed by atoms with Crippen LogP contribution >= 0.6 is 0 Å². The maximum atomic E-state index is 6.17. The summed E-state index contributed by atoms with van der Waals surface area (Å²) in [5.41, 5.74) is 8.40. The van der Waals surface area contributed by atoms with Gasteiger partial charge in [-0.1, -0.05) is 13.0 Å². The molecule has 0 amide bonds. The number of hydrogen-bond donors (Lipinski definition) is 1. The molecule has 1 unspecified atom stereocenters. The summed E-state index contributed by atoms with van der Waals surface area (Å²) in [6, 6.07) is 6.36. The van der Waals surface area contributed by atoms with Crippen LogP contribution in [0.15, 0.2) is 18.2 Å². The first kappa shape index (κ1) is 13.2. The molecule has 18 heavy (non-hydrogen) atoms. The Hall–Kier alpha value is -1.22. The fraction of sp³-hybridized carbons (Fsp3) is 0.600. The summed E-state index contributed by atoms with van der Waals surface area (Å²) in [4.78, 5) is 2.36. The van der Waals surface area contributed by atoms with Gasteiger partial charge < -0.3 is 15.4 Å². The van der Waals surface area contributed by atoms with Gasteiger partial charge in [0.15, 0.2) is 0 Å². The molecule has 2 N–H and O–H groups in total. The lowest BCUT2D eigenvalue weighted by molar-refractivity contribution is 0.187. The Kier molecular flexibility index (Phi) is 3.53. The molecule has 0 radical (unpaired) electrons. The molecule has 1 aromatic carbocycles. The van der Waals surface area contributed by atoms with E-state index in [1.165, 1.54) is 11.3 Å². The van der Waals surface area contributed by atoms with Crippen LogP contribution in [0.1, 0.15) is 32.8 Å². The Morgan fingerprint density at radius 2 is 2.17 bits per heavy atom. The second-order valence-electron chi connectivity index (χ2n) is 5.99. The van der Waals surface area contributed by atoms with Crippen molar-refractivity contribution in [3.8, 4) is 5.75 Å². The lowest BCUT2D eigenvalue weighted by atomic mass is 10.0. The molecule has 1 aliphatic heterocycles. The molecule has 0 bridgehead atoms. The van der Waals surface area contributed by atoms with Crippen molar-refractivity contribution in [3.63, 3.8) is 0 Å². The van der Waals surface area contributed by atoms with Gasteiger partial charge in [-0.15, -0.1) is 0 Å². The van der Waals surface area contributed by atoms with Gasteiger partial charge in [0.1, 0.15) is 11.9 Å². The summed E-state index contributed by atoms with van der Waals surface area (Å²) in [7, 11) is 0. The summed E-state index contributed by atoms with van der Waals surface area (Å²) >= 11 is 0. The highest BCUT2D eigenvalue weighted by atomic mass is 16.5. The third-order valence-electron chi connectivity index (χ3n) is 3.23. The van der Waals surface area contributed by atoms with E-state index in [-0.39, 0.29) is 11.6 Å². The van der Waals surface area contributed by atoms with Gasteiger partial charge in [-0.25, -0.2) is 0 Å². The standard InChI is InChI=1S/C15H24N2O/c1-5-12-9-17(10-15(3,4)16)13-8-11(2)6-7-14(13)18-12/h6-8,12H,5,9-10,16H2,1-4H3. The Morgan fingerprint density at radius 3 is 2.78 bits per heavy atom. The minimum absolute atomic E-state index is 0.198. The quantitative estimate of drug-likeness (QED) is 0.894. The van der Waals surface area contributed by atoms with Crippen molar-refractivity contribution in [1.82, 2.24) is 0 Å². The first-order valence-corrected chi connectivity index (χ1v) is 6.70. The molecule has 0 fully saturated rings. The molecule has 3 nitrogen and oxygen atoms in total. The predicted molar refractivity (Wildman–Crippen MR) is 76.4 cm³/mol. The third-order valence-corrected chi connectivity index (χ3v) is 3.23. The van der Waals surface area contributed by atoms with E-state index in [4.69, 9.17) is 10.5 Å². The van der Waals surface area contributed by atoms with Crippen LogP contribution in [0, 0.1) is 6.92 Å². The minimum atomic E-state index is -0.198. The van der Waals surface area contributed by atoms with E-state index in [0.29, 0.717) is 0 Å². The van der Waals surface area contributed by atoms with Gasteiger partial charge in [0.25, 0.3) is 0 Å². The van der Waals surface area contributed by atoms with E-state index in [1.54, 1.807) is 0 Å². The van der Waals surface area contributed by atoms with E-state index >= 15 is 0 Å². The van der Waals surface area contributed by atoms with E-state index in [9.17, 15) is 0 Å². The van der Waals surface area contributed by atoms with Crippen molar-refractivity contribution in [2.45, 2.75) is 45.8 Å². The van der Waals surface area contributed by atoms with Crippen molar-refractivity contribution in [2.75, 3.05) is 18.0 Å². The average Bonchev–Trinajstić information content (AvgIpc) is 2.27. The molecule has 100 valence electrons. The van der Waals surface area contributed by atoms with Crippen LogP contribution in [0.4, 0.5) is 5.69 Å². The first-order valence-electron chi connectivity index (χ1n) is 6.70. The summed E-state index contributed by atoms with van der Waals surface area (Å²) < 4.78 is 6.00. The maximum Gasteiger partial charge on any atom is 0.143 e. The number of aryl methyl sites for hydroxylation is 1.